The standard InChI is InChI=1S/C22H17F3N4O7/c23-22(24,25)11-3-6-13-15(9-11)28-18(17(27-13)21(35)36)26-12-4-1-10(2-5-12)19(32)29-14(20(33)34)7-8-16(30)31/h1-6,9,14H,7-8H2,(H,26,28)(H,29,32)(H,30,31)(H,33,34)(H,35,36). The number of carboxylic acid groups (broad SMARTS) is 3. The Kier molecular flexibility index (Phi) is 7.36. The van der Waals surface area contributed by atoms with E-state index in [1.807, 2.05) is 0 Å². The van der Waals surface area contributed by atoms with Gasteiger partial charge < -0.3 is 26.0 Å². The molecule has 0 spiro atoms. The van der Waals surface area contributed by atoms with Gasteiger partial charge in [0.2, 0.25) is 0 Å². The number of alkyl halides is 3. The Morgan fingerprint density at radius 2 is 1.58 bits per heavy atom. The quantitative estimate of drug-likeness (QED) is 0.289. The van der Waals surface area contributed by atoms with E-state index < -0.39 is 53.7 Å². The molecule has 0 bridgehead atoms. The molecular weight excluding hydrogens is 489 g/mol. The number of carbonyl (C=O) groups excluding carboxylic acids is 1. The second kappa shape index (κ2) is 10.2. The van der Waals surface area contributed by atoms with E-state index >= 15 is 0 Å². The van der Waals surface area contributed by atoms with Crippen molar-refractivity contribution in [3.8, 4) is 0 Å². The van der Waals surface area contributed by atoms with Crippen molar-refractivity contribution in [3.05, 3.63) is 59.3 Å². The minimum atomic E-state index is -4.64. The normalized spacial score (nSPS) is 12.1. The molecule has 1 heterocycles. The summed E-state index contributed by atoms with van der Waals surface area (Å²) in [6.07, 6.45) is -5.44. The lowest BCUT2D eigenvalue weighted by molar-refractivity contribution is -0.141. The van der Waals surface area contributed by atoms with Gasteiger partial charge in [-0.25, -0.2) is 19.6 Å². The molecule has 11 nitrogen and oxygen atoms in total. The molecule has 1 unspecified atom stereocenters. The largest absolute Gasteiger partial charge is 0.481 e. The van der Waals surface area contributed by atoms with Gasteiger partial charge in [-0.1, -0.05) is 0 Å². The Balaban J connectivity index is 1.83. The van der Waals surface area contributed by atoms with Gasteiger partial charge in [0.25, 0.3) is 5.91 Å². The van der Waals surface area contributed by atoms with Crippen LogP contribution in [0.3, 0.4) is 0 Å². The van der Waals surface area contributed by atoms with Gasteiger partial charge in [0.1, 0.15) is 6.04 Å². The summed E-state index contributed by atoms with van der Waals surface area (Å²) in [7, 11) is 0. The van der Waals surface area contributed by atoms with Crippen molar-refractivity contribution < 1.29 is 47.7 Å². The average molecular weight is 506 g/mol. The number of hydrogen-bond donors (Lipinski definition) is 5. The topological polar surface area (TPSA) is 179 Å². The second-order valence-electron chi connectivity index (χ2n) is 7.43. The Labute approximate surface area is 199 Å². The lowest BCUT2D eigenvalue weighted by Crippen LogP contribution is -2.41. The minimum Gasteiger partial charge on any atom is -0.481 e. The van der Waals surface area contributed by atoms with Gasteiger partial charge in [0.05, 0.1) is 16.6 Å². The molecule has 14 heteroatoms. The summed E-state index contributed by atoms with van der Waals surface area (Å²) in [5, 5.41) is 32.1. The van der Waals surface area contributed by atoms with E-state index in [0.717, 1.165) is 18.2 Å². The predicted molar refractivity (Wildman–Crippen MR) is 117 cm³/mol. The summed E-state index contributed by atoms with van der Waals surface area (Å²) in [5.74, 6) is -5.25. The number of aromatic carboxylic acids is 1. The molecule has 0 aliphatic carbocycles. The predicted octanol–water partition coefficient (Wildman–Crippen LogP) is 3.14. The van der Waals surface area contributed by atoms with E-state index in [-0.39, 0.29) is 34.5 Å². The van der Waals surface area contributed by atoms with Gasteiger partial charge in [-0.2, -0.15) is 13.2 Å². The number of anilines is 2. The Morgan fingerprint density at radius 3 is 2.14 bits per heavy atom. The highest BCUT2D eigenvalue weighted by Gasteiger charge is 2.31. The first-order chi connectivity index (χ1) is 16.8. The Hall–Kier alpha value is -4.75. The SMILES string of the molecule is O=C(O)CCC(NC(=O)c1ccc(Nc2nc3cc(C(F)(F)F)ccc3nc2C(=O)O)cc1)C(=O)O. The van der Waals surface area contributed by atoms with Crippen LogP contribution in [0.2, 0.25) is 0 Å². The third-order valence-electron chi connectivity index (χ3n) is 4.85. The van der Waals surface area contributed by atoms with Gasteiger partial charge in [-0.3, -0.25) is 9.59 Å². The van der Waals surface area contributed by atoms with E-state index in [9.17, 15) is 37.5 Å². The van der Waals surface area contributed by atoms with Gasteiger partial charge in [0.15, 0.2) is 11.5 Å². The van der Waals surface area contributed by atoms with Crippen molar-refractivity contribution in [1.29, 1.82) is 0 Å². The molecular formula is C22H17F3N4O7. The highest BCUT2D eigenvalue weighted by Crippen LogP contribution is 2.31. The maximum Gasteiger partial charge on any atom is 0.416 e. The van der Waals surface area contributed by atoms with Gasteiger partial charge in [-0.05, 0) is 48.9 Å². The molecule has 0 fully saturated rings. The summed E-state index contributed by atoms with van der Waals surface area (Å²) in [6, 6.07) is 6.26. The summed E-state index contributed by atoms with van der Waals surface area (Å²) >= 11 is 0. The van der Waals surface area contributed by atoms with Crippen LogP contribution in [0.25, 0.3) is 11.0 Å². The monoisotopic (exact) mass is 506 g/mol. The molecule has 0 radical (unpaired) electrons. The summed E-state index contributed by atoms with van der Waals surface area (Å²) < 4.78 is 39.1. The van der Waals surface area contributed by atoms with Crippen LogP contribution in [0, 0.1) is 0 Å². The van der Waals surface area contributed by atoms with Crippen molar-refractivity contribution in [2.45, 2.75) is 25.1 Å². The van der Waals surface area contributed by atoms with Crippen molar-refractivity contribution in [1.82, 2.24) is 15.3 Å². The number of hydrogen-bond acceptors (Lipinski definition) is 7. The van der Waals surface area contributed by atoms with Crippen molar-refractivity contribution in [3.63, 3.8) is 0 Å². The van der Waals surface area contributed by atoms with Crippen LogP contribution in [0.4, 0.5) is 24.7 Å². The van der Waals surface area contributed by atoms with E-state index in [0.29, 0.717) is 0 Å². The van der Waals surface area contributed by atoms with E-state index in [1.165, 1.54) is 24.3 Å². The molecule has 1 amide bonds. The molecule has 0 saturated heterocycles. The number of carboxylic acids is 3. The molecule has 2 aromatic carbocycles. The molecule has 1 atom stereocenters. The third-order valence-corrected chi connectivity index (χ3v) is 4.85. The number of nitrogens with zero attached hydrogens (tertiary/aromatic N) is 2. The van der Waals surface area contributed by atoms with Crippen LogP contribution in [-0.2, 0) is 15.8 Å². The maximum absolute atomic E-state index is 13.0. The molecule has 1 aromatic heterocycles. The lowest BCUT2D eigenvalue weighted by Gasteiger charge is -2.14. The smallest absolute Gasteiger partial charge is 0.416 e. The van der Waals surface area contributed by atoms with Gasteiger partial charge in [0, 0.05) is 17.7 Å². The highest BCUT2D eigenvalue weighted by atomic mass is 19.4. The number of benzene rings is 2. The van der Waals surface area contributed by atoms with E-state index in [2.05, 4.69) is 20.6 Å². The molecule has 5 N–H and O–H groups in total. The van der Waals surface area contributed by atoms with Gasteiger partial charge >= 0.3 is 24.1 Å². The fraction of sp³-hybridized carbons (Fsp3) is 0.182. The lowest BCUT2D eigenvalue weighted by atomic mass is 10.1. The fourth-order valence-corrected chi connectivity index (χ4v) is 3.08. The maximum atomic E-state index is 13.0. The van der Waals surface area contributed by atoms with Crippen molar-refractivity contribution in [2.75, 3.05) is 5.32 Å². The molecule has 36 heavy (non-hydrogen) atoms. The van der Waals surface area contributed by atoms with Crippen LogP contribution >= 0.6 is 0 Å². The molecule has 0 aliphatic heterocycles. The number of halogens is 3. The zero-order chi connectivity index (χ0) is 26.6. The fourth-order valence-electron chi connectivity index (χ4n) is 3.08. The third kappa shape index (κ3) is 6.22. The van der Waals surface area contributed by atoms with Crippen LogP contribution in [-0.4, -0.2) is 55.1 Å². The van der Waals surface area contributed by atoms with Crippen molar-refractivity contribution >= 4 is 46.4 Å². The number of aromatic nitrogens is 2. The van der Waals surface area contributed by atoms with Crippen LogP contribution < -0.4 is 10.6 Å². The summed E-state index contributed by atoms with van der Waals surface area (Å²) in [5.41, 5.74) is -1.58. The Morgan fingerprint density at radius 1 is 0.917 bits per heavy atom. The number of carbonyl (C=O) groups is 4. The molecule has 188 valence electrons. The number of nitrogens with one attached hydrogen (secondary N) is 2. The zero-order valence-electron chi connectivity index (χ0n) is 18.0. The van der Waals surface area contributed by atoms with Crippen LogP contribution in [0.15, 0.2) is 42.5 Å². The molecule has 3 aromatic rings. The average Bonchev–Trinajstić information content (AvgIpc) is 2.80. The number of fused-ring (bicyclic) bond motifs is 1. The molecule has 0 saturated carbocycles. The second-order valence-corrected chi connectivity index (χ2v) is 7.43. The zero-order valence-corrected chi connectivity index (χ0v) is 18.0. The number of rotatable bonds is 9. The van der Waals surface area contributed by atoms with Gasteiger partial charge in [-0.15, -0.1) is 0 Å². The van der Waals surface area contributed by atoms with Crippen molar-refractivity contribution in [2.24, 2.45) is 0 Å². The Bertz CT molecular complexity index is 1340. The van der Waals surface area contributed by atoms with E-state index in [1.54, 1.807) is 0 Å². The highest BCUT2D eigenvalue weighted by molar-refractivity contribution is 5.97. The summed E-state index contributed by atoms with van der Waals surface area (Å²) in [6.45, 7) is 0. The first-order valence-electron chi connectivity index (χ1n) is 10.1. The molecule has 0 aliphatic rings. The first kappa shape index (κ1) is 25.9. The first-order valence-corrected chi connectivity index (χ1v) is 10.1. The number of aliphatic carboxylic acids is 2. The summed E-state index contributed by atoms with van der Waals surface area (Å²) in [4.78, 5) is 53.7. The number of amides is 1. The van der Waals surface area contributed by atoms with Crippen LogP contribution in [0.5, 0.6) is 0 Å². The molecule has 3 rings (SSSR count). The minimum absolute atomic E-state index is 0.0139. The van der Waals surface area contributed by atoms with E-state index in [4.69, 9.17) is 10.2 Å². The van der Waals surface area contributed by atoms with Crippen LogP contribution in [0.1, 0.15) is 39.3 Å².